The Labute approximate surface area is 188 Å². The molecule has 0 aliphatic heterocycles. The number of Topliss-reactive ketones (excluding diaryl/α,β-unsaturated/α-hetero) is 1. The third-order valence-electron chi connectivity index (χ3n) is 5.58. The van der Waals surface area contributed by atoms with Crippen LogP contribution in [0.1, 0.15) is 62.7 Å². The van der Waals surface area contributed by atoms with Crippen molar-refractivity contribution in [2.45, 2.75) is 62.5 Å². The van der Waals surface area contributed by atoms with Gasteiger partial charge in [-0.15, -0.1) is 11.8 Å². The first-order valence-electron chi connectivity index (χ1n) is 11.0. The van der Waals surface area contributed by atoms with Crippen LogP contribution in [0.25, 0.3) is 0 Å². The molecule has 2 N–H and O–H groups in total. The summed E-state index contributed by atoms with van der Waals surface area (Å²) in [5, 5.41) is 5.71. The number of amides is 2. The lowest BCUT2D eigenvalue weighted by Gasteiger charge is -2.21. The summed E-state index contributed by atoms with van der Waals surface area (Å²) >= 11 is 1.48. The summed E-state index contributed by atoms with van der Waals surface area (Å²) in [5.74, 6) is 0.115. The molecule has 164 valence electrons. The summed E-state index contributed by atoms with van der Waals surface area (Å²) in [6.45, 7) is 3.49. The van der Waals surface area contributed by atoms with E-state index >= 15 is 0 Å². The summed E-state index contributed by atoms with van der Waals surface area (Å²) in [6, 6.07) is 14.6. The van der Waals surface area contributed by atoms with Crippen molar-refractivity contribution < 1.29 is 14.4 Å². The zero-order valence-corrected chi connectivity index (χ0v) is 19.0. The fraction of sp³-hybridized carbons (Fsp3) is 0.400. The Balaban J connectivity index is 1.60. The highest BCUT2D eigenvalue weighted by Gasteiger charge is 2.22. The molecule has 1 aliphatic rings. The van der Waals surface area contributed by atoms with Crippen LogP contribution in [0.3, 0.4) is 0 Å². The Morgan fingerprint density at radius 3 is 2.32 bits per heavy atom. The molecule has 0 spiro atoms. The van der Waals surface area contributed by atoms with Crippen LogP contribution in [0, 0.1) is 5.92 Å². The molecular formula is C25H30N2O3S. The number of ketones is 1. The molecule has 3 rings (SSSR count). The quantitative estimate of drug-likeness (QED) is 0.396. The molecular weight excluding hydrogens is 408 g/mol. The minimum Gasteiger partial charge on any atom is -0.326 e. The topological polar surface area (TPSA) is 75.3 Å². The molecule has 1 atom stereocenters. The molecule has 1 saturated carbocycles. The average molecular weight is 439 g/mol. The van der Waals surface area contributed by atoms with E-state index in [1.165, 1.54) is 25.1 Å². The smallest absolute Gasteiger partial charge is 0.237 e. The van der Waals surface area contributed by atoms with Gasteiger partial charge in [0, 0.05) is 27.8 Å². The van der Waals surface area contributed by atoms with E-state index in [-0.39, 0.29) is 28.8 Å². The van der Waals surface area contributed by atoms with Crippen molar-refractivity contribution >= 4 is 40.7 Å². The van der Waals surface area contributed by atoms with Crippen molar-refractivity contribution in [3.8, 4) is 0 Å². The molecule has 6 heteroatoms. The lowest BCUT2D eigenvalue weighted by molar-refractivity contribution is -0.120. The summed E-state index contributed by atoms with van der Waals surface area (Å²) in [4.78, 5) is 37.6. The van der Waals surface area contributed by atoms with E-state index in [0.717, 1.165) is 36.3 Å². The number of benzene rings is 2. The van der Waals surface area contributed by atoms with Crippen molar-refractivity contribution in [1.82, 2.24) is 0 Å². The number of anilines is 2. The van der Waals surface area contributed by atoms with E-state index in [4.69, 9.17) is 0 Å². The van der Waals surface area contributed by atoms with Gasteiger partial charge in [-0.1, -0.05) is 32.3 Å². The number of thioether (sulfide) groups is 1. The first kappa shape index (κ1) is 23.1. The van der Waals surface area contributed by atoms with Gasteiger partial charge in [-0.05, 0) is 68.7 Å². The van der Waals surface area contributed by atoms with E-state index < -0.39 is 0 Å². The number of carbonyl (C=O) groups is 3. The van der Waals surface area contributed by atoms with Gasteiger partial charge in [0.2, 0.25) is 11.8 Å². The van der Waals surface area contributed by atoms with Gasteiger partial charge in [-0.2, -0.15) is 0 Å². The van der Waals surface area contributed by atoms with E-state index in [2.05, 4.69) is 10.6 Å². The van der Waals surface area contributed by atoms with E-state index in [1.807, 2.05) is 31.2 Å². The minimum atomic E-state index is -0.267. The molecule has 0 heterocycles. The third kappa shape index (κ3) is 6.69. The van der Waals surface area contributed by atoms with Gasteiger partial charge in [-0.3, -0.25) is 14.4 Å². The number of rotatable bonds is 8. The van der Waals surface area contributed by atoms with Gasteiger partial charge < -0.3 is 10.6 Å². The van der Waals surface area contributed by atoms with Crippen LogP contribution in [-0.4, -0.2) is 22.8 Å². The Bertz CT molecular complexity index is 921. The summed E-state index contributed by atoms with van der Waals surface area (Å²) in [5.41, 5.74) is 2.06. The van der Waals surface area contributed by atoms with Gasteiger partial charge in [0.05, 0.1) is 5.25 Å². The van der Waals surface area contributed by atoms with Crippen LogP contribution >= 0.6 is 11.8 Å². The number of hydrogen-bond acceptors (Lipinski definition) is 4. The van der Waals surface area contributed by atoms with Crippen molar-refractivity contribution in [1.29, 1.82) is 0 Å². The van der Waals surface area contributed by atoms with E-state index in [1.54, 1.807) is 24.3 Å². The van der Waals surface area contributed by atoms with Crippen LogP contribution in [0.4, 0.5) is 11.4 Å². The molecule has 2 aromatic rings. The largest absolute Gasteiger partial charge is 0.326 e. The molecule has 1 fully saturated rings. The molecule has 5 nitrogen and oxygen atoms in total. The first-order chi connectivity index (χ1) is 15.0. The Hall–Kier alpha value is -2.60. The Kier molecular flexibility index (Phi) is 8.29. The lowest BCUT2D eigenvalue weighted by atomic mass is 9.88. The zero-order chi connectivity index (χ0) is 22.2. The first-order valence-corrected chi connectivity index (χ1v) is 11.8. The SMILES string of the molecule is CCC(Sc1cccc(NC(=O)C2CCCCC2)c1)C(=O)Nc1ccc(C(C)=O)cc1. The molecule has 1 unspecified atom stereocenters. The maximum absolute atomic E-state index is 12.8. The normalized spacial score (nSPS) is 15.2. The minimum absolute atomic E-state index is 0.00433. The second-order valence-electron chi connectivity index (χ2n) is 7.99. The fourth-order valence-electron chi connectivity index (χ4n) is 3.75. The highest BCUT2D eigenvalue weighted by Crippen LogP contribution is 2.30. The Morgan fingerprint density at radius 1 is 0.968 bits per heavy atom. The predicted molar refractivity (Wildman–Crippen MR) is 127 cm³/mol. The Morgan fingerprint density at radius 2 is 1.68 bits per heavy atom. The summed E-state index contributed by atoms with van der Waals surface area (Å²) < 4.78 is 0. The molecule has 2 aromatic carbocycles. The fourth-order valence-corrected chi connectivity index (χ4v) is 4.77. The van der Waals surface area contributed by atoms with Gasteiger partial charge in [-0.25, -0.2) is 0 Å². The maximum atomic E-state index is 12.8. The molecule has 0 aromatic heterocycles. The highest BCUT2D eigenvalue weighted by molar-refractivity contribution is 8.00. The zero-order valence-electron chi connectivity index (χ0n) is 18.1. The van der Waals surface area contributed by atoms with Crippen LogP contribution in [-0.2, 0) is 9.59 Å². The van der Waals surface area contributed by atoms with Crippen molar-refractivity contribution in [3.63, 3.8) is 0 Å². The average Bonchev–Trinajstić information content (AvgIpc) is 2.78. The number of nitrogens with one attached hydrogen (secondary N) is 2. The standard InChI is InChI=1S/C25H30N2O3S/c1-3-23(25(30)26-20-14-12-18(13-15-20)17(2)28)31-22-11-7-10-21(16-22)27-24(29)19-8-5-4-6-9-19/h7,10-16,19,23H,3-6,8-9H2,1-2H3,(H,26,30)(H,27,29). The van der Waals surface area contributed by atoms with Crippen LogP contribution in [0.5, 0.6) is 0 Å². The number of carbonyl (C=O) groups excluding carboxylic acids is 3. The lowest BCUT2D eigenvalue weighted by Crippen LogP contribution is -2.25. The molecule has 0 saturated heterocycles. The van der Waals surface area contributed by atoms with Crippen molar-refractivity contribution in [2.24, 2.45) is 5.92 Å². The molecule has 2 amide bonds. The monoisotopic (exact) mass is 438 g/mol. The van der Waals surface area contributed by atoms with Gasteiger partial charge in [0.25, 0.3) is 0 Å². The summed E-state index contributed by atoms with van der Waals surface area (Å²) in [7, 11) is 0. The summed E-state index contributed by atoms with van der Waals surface area (Å²) in [6.07, 6.45) is 6.06. The van der Waals surface area contributed by atoms with Crippen molar-refractivity contribution in [3.05, 3.63) is 54.1 Å². The van der Waals surface area contributed by atoms with Gasteiger partial charge in [0.15, 0.2) is 5.78 Å². The molecule has 0 bridgehead atoms. The molecule has 31 heavy (non-hydrogen) atoms. The van der Waals surface area contributed by atoms with Gasteiger partial charge in [0.1, 0.15) is 0 Å². The second kappa shape index (κ2) is 11.1. The van der Waals surface area contributed by atoms with Gasteiger partial charge >= 0.3 is 0 Å². The van der Waals surface area contributed by atoms with E-state index in [0.29, 0.717) is 17.7 Å². The van der Waals surface area contributed by atoms with Crippen LogP contribution in [0.15, 0.2) is 53.4 Å². The van der Waals surface area contributed by atoms with Crippen molar-refractivity contribution in [2.75, 3.05) is 10.6 Å². The van der Waals surface area contributed by atoms with Crippen LogP contribution in [0.2, 0.25) is 0 Å². The molecule has 0 radical (unpaired) electrons. The second-order valence-corrected chi connectivity index (χ2v) is 9.27. The third-order valence-corrected chi connectivity index (χ3v) is 6.94. The molecule has 1 aliphatic carbocycles. The number of hydrogen-bond donors (Lipinski definition) is 2. The predicted octanol–water partition coefficient (Wildman–Crippen LogP) is 5.92. The van der Waals surface area contributed by atoms with E-state index in [9.17, 15) is 14.4 Å². The maximum Gasteiger partial charge on any atom is 0.237 e. The van der Waals surface area contributed by atoms with Crippen LogP contribution < -0.4 is 10.6 Å². The highest BCUT2D eigenvalue weighted by atomic mass is 32.2.